The second kappa shape index (κ2) is 9.13. The van der Waals surface area contributed by atoms with Gasteiger partial charge in [0.2, 0.25) is 0 Å². The second-order valence-electron chi connectivity index (χ2n) is 8.13. The van der Waals surface area contributed by atoms with Gasteiger partial charge < -0.3 is 10.4 Å². The van der Waals surface area contributed by atoms with Crippen LogP contribution in [0.2, 0.25) is 0 Å². The molecule has 1 amide bonds. The summed E-state index contributed by atoms with van der Waals surface area (Å²) in [6, 6.07) is 11.3. The average Bonchev–Trinajstić information content (AvgIpc) is 3.48. The zero-order chi connectivity index (χ0) is 26.3. The number of carbonyl (C=O) groups excluding carboxylic acids is 1. The Hall–Kier alpha value is -4.58. The minimum Gasteiger partial charge on any atom is -0.388 e. The van der Waals surface area contributed by atoms with Crippen LogP contribution in [-0.2, 0) is 19.8 Å². The summed E-state index contributed by atoms with van der Waals surface area (Å²) in [6.07, 6.45) is -0.531. The van der Waals surface area contributed by atoms with Crippen molar-refractivity contribution < 1.29 is 27.5 Å². The first-order valence-corrected chi connectivity index (χ1v) is 10.9. The van der Waals surface area contributed by atoms with E-state index in [-0.39, 0.29) is 23.3 Å². The number of aliphatic hydroxyl groups is 1. The fourth-order valence-electron chi connectivity index (χ4n) is 3.94. The lowest BCUT2D eigenvalue weighted by Crippen LogP contribution is -2.18. The maximum atomic E-state index is 14.9. The summed E-state index contributed by atoms with van der Waals surface area (Å²) in [6.45, 7) is -0.408. The largest absolute Gasteiger partial charge is 0.417 e. The first-order valence-electron chi connectivity index (χ1n) is 10.9. The van der Waals surface area contributed by atoms with Crippen molar-refractivity contribution in [1.29, 1.82) is 0 Å². The van der Waals surface area contributed by atoms with Crippen molar-refractivity contribution in [2.24, 2.45) is 7.05 Å². The number of benzene rings is 2. The molecule has 3 aromatic heterocycles. The molecule has 0 spiro atoms. The van der Waals surface area contributed by atoms with Crippen molar-refractivity contribution in [1.82, 2.24) is 24.1 Å². The van der Waals surface area contributed by atoms with E-state index in [1.807, 2.05) is 0 Å². The van der Waals surface area contributed by atoms with E-state index in [2.05, 4.69) is 20.4 Å². The Morgan fingerprint density at radius 2 is 1.89 bits per heavy atom. The van der Waals surface area contributed by atoms with Crippen molar-refractivity contribution in [2.45, 2.75) is 12.8 Å². The molecular formula is C25H18F4N6O2. The third kappa shape index (κ3) is 4.54. The Labute approximate surface area is 206 Å². The molecule has 0 aliphatic rings. The van der Waals surface area contributed by atoms with Gasteiger partial charge in [0.1, 0.15) is 18.2 Å². The Morgan fingerprint density at radius 3 is 2.54 bits per heavy atom. The van der Waals surface area contributed by atoms with Gasteiger partial charge in [-0.2, -0.15) is 18.3 Å². The highest BCUT2D eigenvalue weighted by Gasteiger charge is 2.36. The van der Waals surface area contributed by atoms with Gasteiger partial charge in [-0.15, -0.1) is 0 Å². The first kappa shape index (κ1) is 24.1. The molecule has 0 fully saturated rings. The molecule has 37 heavy (non-hydrogen) atoms. The van der Waals surface area contributed by atoms with Crippen molar-refractivity contribution in [3.8, 4) is 22.5 Å². The number of nitrogens with one attached hydrogen (secondary N) is 1. The summed E-state index contributed by atoms with van der Waals surface area (Å²) < 4.78 is 58.8. The van der Waals surface area contributed by atoms with E-state index in [0.29, 0.717) is 16.9 Å². The number of anilines is 1. The molecule has 0 saturated heterocycles. The number of halogens is 4. The molecule has 0 saturated carbocycles. The minimum atomic E-state index is -4.87. The first-order chi connectivity index (χ1) is 17.7. The van der Waals surface area contributed by atoms with Crippen molar-refractivity contribution in [2.75, 3.05) is 5.32 Å². The van der Waals surface area contributed by atoms with Crippen LogP contribution in [0.4, 0.5) is 23.2 Å². The van der Waals surface area contributed by atoms with Crippen molar-refractivity contribution in [3.05, 3.63) is 89.9 Å². The van der Waals surface area contributed by atoms with Crippen LogP contribution in [0, 0.1) is 5.82 Å². The normalized spacial score (nSPS) is 11.7. The molecule has 3 heterocycles. The standard InChI is InChI=1S/C25H18F4N6O2/c1-34-8-7-19(33-34)15-9-16(18(26)10-17(15)25(27,28)29)24(37)31-20-12-35-21(11-30-22(35)13-36)32-23(20)14-5-3-2-4-6-14/h2-12,36H,13H2,1H3,(H,31,37). The molecular weight excluding hydrogens is 492 g/mol. The molecule has 0 aliphatic carbocycles. The number of carbonyl (C=O) groups is 1. The highest BCUT2D eigenvalue weighted by molar-refractivity contribution is 6.07. The number of hydrogen-bond donors (Lipinski definition) is 2. The van der Waals surface area contributed by atoms with Gasteiger partial charge in [0.05, 0.1) is 34.4 Å². The molecule has 2 aromatic carbocycles. The molecule has 0 radical (unpaired) electrons. The van der Waals surface area contributed by atoms with Crippen LogP contribution in [0.5, 0.6) is 0 Å². The third-order valence-electron chi connectivity index (χ3n) is 5.68. The number of aryl methyl sites for hydroxylation is 1. The molecule has 5 aromatic rings. The van der Waals surface area contributed by atoms with Gasteiger partial charge in [-0.1, -0.05) is 30.3 Å². The highest BCUT2D eigenvalue weighted by Crippen LogP contribution is 2.38. The van der Waals surface area contributed by atoms with E-state index >= 15 is 0 Å². The van der Waals surface area contributed by atoms with E-state index in [0.717, 1.165) is 6.07 Å². The Kier molecular flexibility index (Phi) is 5.96. The van der Waals surface area contributed by atoms with Gasteiger partial charge in [-0.05, 0) is 18.2 Å². The van der Waals surface area contributed by atoms with Gasteiger partial charge in [0.15, 0.2) is 5.65 Å². The van der Waals surface area contributed by atoms with Crippen molar-refractivity contribution in [3.63, 3.8) is 0 Å². The van der Waals surface area contributed by atoms with Crippen molar-refractivity contribution >= 4 is 17.2 Å². The van der Waals surface area contributed by atoms with E-state index in [9.17, 15) is 27.5 Å². The Bertz CT molecular complexity index is 1630. The lowest BCUT2D eigenvalue weighted by atomic mass is 9.99. The van der Waals surface area contributed by atoms with Crippen LogP contribution in [-0.4, -0.2) is 35.2 Å². The quantitative estimate of drug-likeness (QED) is 0.334. The predicted molar refractivity (Wildman–Crippen MR) is 126 cm³/mol. The number of alkyl halides is 3. The second-order valence-corrected chi connectivity index (χ2v) is 8.13. The molecule has 0 atom stereocenters. The zero-order valence-electron chi connectivity index (χ0n) is 19.2. The SMILES string of the molecule is Cn1ccc(-c2cc(C(=O)Nc3cn4c(CO)ncc4nc3-c3ccccc3)c(F)cc2C(F)(F)F)n1. The minimum absolute atomic E-state index is 0.0667. The van der Waals surface area contributed by atoms with Crippen LogP contribution in [0.1, 0.15) is 21.7 Å². The molecule has 188 valence electrons. The summed E-state index contributed by atoms with van der Waals surface area (Å²) in [7, 11) is 1.53. The molecule has 0 unspecified atom stereocenters. The fourth-order valence-corrected chi connectivity index (χ4v) is 3.94. The summed E-state index contributed by atoms with van der Waals surface area (Å²) in [5.41, 5.74) is -0.900. The van der Waals surface area contributed by atoms with Gasteiger partial charge in [-0.3, -0.25) is 13.9 Å². The molecule has 5 rings (SSSR count). The number of hydrogen-bond acceptors (Lipinski definition) is 5. The Balaban J connectivity index is 1.62. The topological polar surface area (TPSA) is 97.3 Å². The average molecular weight is 510 g/mol. The number of rotatable bonds is 5. The zero-order valence-corrected chi connectivity index (χ0v) is 19.2. The van der Waals surface area contributed by atoms with Crippen LogP contribution >= 0.6 is 0 Å². The van der Waals surface area contributed by atoms with Gasteiger partial charge >= 0.3 is 6.18 Å². The van der Waals surface area contributed by atoms with Crippen LogP contribution in [0.25, 0.3) is 28.2 Å². The highest BCUT2D eigenvalue weighted by atomic mass is 19.4. The summed E-state index contributed by atoms with van der Waals surface area (Å²) in [5, 5.41) is 16.1. The number of imidazole rings is 1. The van der Waals surface area contributed by atoms with Gasteiger partial charge in [0, 0.05) is 30.6 Å². The molecule has 0 aliphatic heterocycles. The third-order valence-corrected chi connectivity index (χ3v) is 5.68. The van der Waals surface area contributed by atoms with Gasteiger partial charge in [0.25, 0.3) is 5.91 Å². The van der Waals surface area contributed by atoms with Crippen LogP contribution in [0.3, 0.4) is 0 Å². The number of aliphatic hydroxyl groups excluding tert-OH is 1. The number of amides is 1. The van der Waals surface area contributed by atoms with E-state index in [1.165, 1.54) is 40.8 Å². The Morgan fingerprint density at radius 1 is 1.14 bits per heavy atom. The maximum Gasteiger partial charge on any atom is 0.417 e. The van der Waals surface area contributed by atoms with Crippen LogP contribution in [0.15, 0.2) is 67.1 Å². The van der Waals surface area contributed by atoms with Crippen LogP contribution < -0.4 is 5.32 Å². The van der Waals surface area contributed by atoms with E-state index in [1.54, 1.807) is 30.3 Å². The maximum absolute atomic E-state index is 14.9. The summed E-state index contributed by atoms with van der Waals surface area (Å²) >= 11 is 0. The van der Waals surface area contributed by atoms with Gasteiger partial charge in [-0.25, -0.2) is 14.4 Å². The number of fused-ring (bicyclic) bond motifs is 1. The summed E-state index contributed by atoms with van der Waals surface area (Å²) in [4.78, 5) is 21.8. The molecule has 8 nitrogen and oxygen atoms in total. The predicted octanol–water partition coefficient (Wildman–Crippen LogP) is 4.70. The number of nitrogens with zero attached hydrogens (tertiary/aromatic N) is 5. The smallest absolute Gasteiger partial charge is 0.388 e. The monoisotopic (exact) mass is 510 g/mol. The summed E-state index contributed by atoms with van der Waals surface area (Å²) in [5.74, 6) is -2.10. The molecule has 0 bridgehead atoms. The fraction of sp³-hybridized carbons (Fsp3) is 0.120. The lowest BCUT2D eigenvalue weighted by molar-refractivity contribution is -0.137. The molecule has 2 N–H and O–H groups in total. The van der Waals surface area contributed by atoms with E-state index < -0.39 is 41.2 Å². The number of aromatic nitrogens is 5. The van der Waals surface area contributed by atoms with E-state index in [4.69, 9.17) is 0 Å². The molecule has 12 heteroatoms. The lowest BCUT2D eigenvalue weighted by Gasteiger charge is -2.16.